The number of piperazine rings is 1. The summed E-state index contributed by atoms with van der Waals surface area (Å²) in [5.41, 5.74) is 1.17. The molecule has 1 saturated heterocycles. The van der Waals surface area contributed by atoms with Gasteiger partial charge in [0.2, 0.25) is 5.91 Å². The number of thiophene rings is 1. The molecule has 1 aliphatic carbocycles. The van der Waals surface area contributed by atoms with E-state index in [2.05, 4.69) is 25.7 Å². The second-order valence-corrected chi connectivity index (χ2v) is 11.4. The summed E-state index contributed by atoms with van der Waals surface area (Å²) < 4.78 is 0. The van der Waals surface area contributed by atoms with Gasteiger partial charge in [-0.25, -0.2) is 9.97 Å². The molecule has 1 aliphatic heterocycles. The minimum atomic E-state index is -0.322. The SMILES string of the molecule is CC[C@H](C)c1nc(N2CCN(C(=O)C(C)(C)C)CC2)c2c3c(sc2n1)C[C@H](C)CC3. The zero-order valence-corrected chi connectivity index (χ0v) is 20.2. The van der Waals surface area contributed by atoms with E-state index in [1.807, 2.05) is 37.0 Å². The number of hydrogen-bond donors (Lipinski definition) is 0. The van der Waals surface area contributed by atoms with Crippen molar-refractivity contribution in [2.75, 3.05) is 31.1 Å². The fourth-order valence-corrected chi connectivity index (χ4v) is 5.95. The molecule has 30 heavy (non-hydrogen) atoms. The van der Waals surface area contributed by atoms with Gasteiger partial charge >= 0.3 is 0 Å². The van der Waals surface area contributed by atoms with Crippen molar-refractivity contribution >= 4 is 33.3 Å². The number of fused-ring (bicyclic) bond motifs is 3. The Bertz CT molecular complexity index is 937. The number of carbonyl (C=O) groups excluding carboxylic acids is 1. The van der Waals surface area contributed by atoms with Gasteiger partial charge < -0.3 is 9.80 Å². The van der Waals surface area contributed by atoms with Gasteiger partial charge in [0, 0.05) is 42.4 Å². The number of anilines is 1. The molecule has 164 valence electrons. The van der Waals surface area contributed by atoms with E-state index in [1.54, 1.807) is 0 Å². The lowest BCUT2D eigenvalue weighted by Gasteiger charge is -2.38. The smallest absolute Gasteiger partial charge is 0.228 e. The van der Waals surface area contributed by atoms with Crippen LogP contribution in [-0.2, 0) is 17.6 Å². The molecule has 2 atom stereocenters. The van der Waals surface area contributed by atoms with Crippen LogP contribution in [-0.4, -0.2) is 47.0 Å². The third-order valence-corrected chi connectivity index (χ3v) is 7.86. The lowest BCUT2D eigenvalue weighted by molar-refractivity contribution is -0.139. The Kier molecular flexibility index (Phi) is 5.82. The van der Waals surface area contributed by atoms with Gasteiger partial charge in [-0.15, -0.1) is 11.3 Å². The Morgan fingerprint density at radius 1 is 1.20 bits per heavy atom. The van der Waals surface area contributed by atoms with Crippen LogP contribution >= 0.6 is 11.3 Å². The largest absolute Gasteiger partial charge is 0.352 e. The molecule has 0 bridgehead atoms. The van der Waals surface area contributed by atoms with Crippen LogP contribution in [0.1, 0.15) is 76.6 Å². The van der Waals surface area contributed by atoms with Gasteiger partial charge in [-0.3, -0.25) is 4.79 Å². The molecule has 0 unspecified atom stereocenters. The standard InChI is InChI=1S/C24H36N4OS/c1-7-16(3)20-25-21(27-10-12-28(13-11-27)23(29)24(4,5)6)19-17-9-8-15(2)14-18(17)30-22(19)26-20/h15-16H,7-14H2,1-6H3/t15-,16+/m1/s1. The molecule has 2 aromatic rings. The molecule has 1 fully saturated rings. The number of rotatable bonds is 3. The Morgan fingerprint density at radius 2 is 1.90 bits per heavy atom. The topological polar surface area (TPSA) is 49.3 Å². The summed E-state index contributed by atoms with van der Waals surface area (Å²) in [6.45, 7) is 16.0. The highest BCUT2D eigenvalue weighted by Gasteiger charge is 2.32. The molecule has 0 spiro atoms. The fraction of sp³-hybridized carbons (Fsp3) is 0.708. The first-order valence-electron chi connectivity index (χ1n) is 11.6. The van der Waals surface area contributed by atoms with Gasteiger partial charge in [0.25, 0.3) is 0 Å². The summed E-state index contributed by atoms with van der Waals surface area (Å²) >= 11 is 1.89. The minimum Gasteiger partial charge on any atom is -0.352 e. The second kappa shape index (κ2) is 8.10. The van der Waals surface area contributed by atoms with Crippen LogP contribution in [0.15, 0.2) is 0 Å². The number of aromatic nitrogens is 2. The van der Waals surface area contributed by atoms with Crippen LogP contribution in [0.5, 0.6) is 0 Å². The zero-order chi connectivity index (χ0) is 21.6. The molecule has 5 nitrogen and oxygen atoms in total. The van der Waals surface area contributed by atoms with Crippen molar-refractivity contribution in [2.45, 2.75) is 73.1 Å². The summed E-state index contributed by atoms with van der Waals surface area (Å²) in [5, 5.41) is 1.30. The monoisotopic (exact) mass is 428 g/mol. The first-order valence-corrected chi connectivity index (χ1v) is 12.4. The van der Waals surface area contributed by atoms with Gasteiger partial charge in [-0.2, -0.15) is 0 Å². The third kappa shape index (κ3) is 3.95. The molecule has 0 N–H and O–H groups in total. The average molecular weight is 429 g/mol. The Morgan fingerprint density at radius 3 is 2.53 bits per heavy atom. The normalized spacial score (nSPS) is 21.1. The average Bonchev–Trinajstić information content (AvgIpc) is 3.08. The lowest BCUT2D eigenvalue weighted by atomic mass is 9.89. The number of aryl methyl sites for hydroxylation is 1. The van der Waals surface area contributed by atoms with Crippen LogP contribution in [0, 0.1) is 11.3 Å². The molecule has 0 radical (unpaired) electrons. The molecular formula is C24H36N4OS. The highest BCUT2D eigenvalue weighted by molar-refractivity contribution is 7.19. The van der Waals surface area contributed by atoms with E-state index >= 15 is 0 Å². The molecule has 4 rings (SSSR count). The van der Waals surface area contributed by atoms with Crippen LogP contribution in [0.25, 0.3) is 10.2 Å². The van der Waals surface area contributed by atoms with E-state index < -0.39 is 0 Å². The molecule has 0 aromatic carbocycles. The minimum absolute atomic E-state index is 0.247. The second-order valence-electron chi connectivity index (χ2n) is 10.3. The molecule has 2 aliphatic rings. The summed E-state index contributed by atoms with van der Waals surface area (Å²) in [5.74, 6) is 3.44. The van der Waals surface area contributed by atoms with Gasteiger partial charge in [-0.05, 0) is 37.2 Å². The Labute approximate surface area is 184 Å². The molecule has 0 saturated carbocycles. The quantitative estimate of drug-likeness (QED) is 0.688. The van der Waals surface area contributed by atoms with E-state index in [-0.39, 0.29) is 11.3 Å². The maximum Gasteiger partial charge on any atom is 0.228 e. The number of hydrogen-bond acceptors (Lipinski definition) is 5. The maximum atomic E-state index is 12.7. The van der Waals surface area contributed by atoms with E-state index in [0.717, 1.165) is 56.6 Å². The number of nitrogens with zero attached hydrogens (tertiary/aromatic N) is 4. The maximum absolute atomic E-state index is 12.7. The predicted molar refractivity (Wildman–Crippen MR) is 126 cm³/mol. The summed E-state index contributed by atoms with van der Waals surface area (Å²) in [4.78, 5) is 30.0. The van der Waals surface area contributed by atoms with Crippen molar-refractivity contribution in [1.29, 1.82) is 0 Å². The Balaban J connectivity index is 1.70. The van der Waals surface area contributed by atoms with Crippen LogP contribution < -0.4 is 4.90 Å². The summed E-state index contributed by atoms with van der Waals surface area (Å²) in [6, 6.07) is 0. The molecule has 3 heterocycles. The van der Waals surface area contributed by atoms with Gasteiger partial charge in [0.15, 0.2) is 0 Å². The predicted octanol–water partition coefficient (Wildman–Crippen LogP) is 5.02. The van der Waals surface area contributed by atoms with Crippen LogP contribution in [0.2, 0.25) is 0 Å². The van der Waals surface area contributed by atoms with E-state index in [4.69, 9.17) is 9.97 Å². The van der Waals surface area contributed by atoms with Gasteiger partial charge in [0.05, 0.1) is 5.39 Å². The van der Waals surface area contributed by atoms with Crippen LogP contribution in [0.4, 0.5) is 5.82 Å². The molecule has 6 heteroatoms. The van der Waals surface area contributed by atoms with Crippen molar-refractivity contribution in [1.82, 2.24) is 14.9 Å². The fourth-order valence-electron chi connectivity index (χ4n) is 4.57. The van der Waals surface area contributed by atoms with Gasteiger partial charge in [-0.1, -0.05) is 41.5 Å². The van der Waals surface area contributed by atoms with E-state index in [0.29, 0.717) is 5.92 Å². The first-order chi connectivity index (χ1) is 14.2. The molecule has 2 aromatic heterocycles. The van der Waals surface area contributed by atoms with Crippen LogP contribution in [0.3, 0.4) is 0 Å². The van der Waals surface area contributed by atoms with Crippen molar-refractivity contribution in [2.24, 2.45) is 11.3 Å². The van der Waals surface area contributed by atoms with Crippen molar-refractivity contribution in [3.8, 4) is 0 Å². The third-order valence-electron chi connectivity index (χ3n) is 6.71. The number of amides is 1. The lowest BCUT2D eigenvalue weighted by Crippen LogP contribution is -2.52. The molecular weight excluding hydrogens is 392 g/mol. The zero-order valence-electron chi connectivity index (χ0n) is 19.4. The first kappa shape index (κ1) is 21.5. The highest BCUT2D eigenvalue weighted by atomic mass is 32.1. The van der Waals surface area contributed by atoms with Crippen molar-refractivity contribution in [3.05, 3.63) is 16.3 Å². The van der Waals surface area contributed by atoms with Gasteiger partial charge in [0.1, 0.15) is 16.5 Å². The summed E-state index contributed by atoms with van der Waals surface area (Å²) in [6.07, 6.45) is 4.60. The van der Waals surface area contributed by atoms with Crippen molar-refractivity contribution in [3.63, 3.8) is 0 Å². The summed E-state index contributed by atoms with van der Waals surface area (Å²) in [7, 11) is 0. The van der Waals surface area contributed by atoms with E-state index in [9.17, 15) is 4.79 Å². The van der Waals surface area contributed by atoms with Crippen molar-refractivity contribution < 1.29 is 4.79 Å². The number of carbonyl (C=O) groups is 1. The van der Waals surface area contributed by atoms with E-state index in [1.165, 1.54) is 33.5 Å². The highest BCUT2D eigenvalue weighted by Crippen LogP contribution is 2.42. The Hall–Kier alpha value is -1.69. The molecule has 1 amide bonds.